The molecule has 2 aromatic carbocycles. The topological polar surface area (TPSA) is 49.9 Å². The number of ether oxygens (including phenoxy) is 1. The second-order valence-electron chi connectivity index (χ2n) is 7.11. The van der Waals surface area contributed by atoms with Crippen LogP contribution in [0.5, 0.6) is 0 Å². The van der Waals surface area contributed by atoms with Gasteiger partial charge in [0.15, 0.2) is 0 Å². The lowest BCUT2D eigenvalue weighted by Gasteiger charge is -2.30. The average molecular weight is 366 g/mol. The Morgan fingerprint density at radius 1 is 1.11 bits per heavy atom. The molecule has 0 bridgehead atoms. The fourth-order valence-electron chi connectivity index (χ4n) is 3.81. The van der Waals surface area contributed by atoms with Crippen LogP contribution in [0.15, 0.2) is 54.6 Å². The van der Waals surface area contributed by atoms with Gasteiger partial charge >= 0.3 is 0 Å². The van der Waals surface area contributed by atoms with E-state index in [1.165, 1.54) is 0 Å². The third kappa shape index (κ3) is 3.60. The van der Waals surface area contributed by atoms with Crippen molar-refractivity contribution in [1.82, 2.24) is 4.90 Å². The SMILES string of the molecule is COCCN(C)C(=O)CC1(Cc2ccccc2)C(=O)N(C)c2ccccc21. The lowest BCUT2D eigenvalue weighted by atomic mass is 9.73. The van der Waals surface area contributed by atoms with Gasteiger partial charge in [-0.15, -0.1) is 0 Å². The van der Waals surface area contributed by atoms with Crippen molar-refractivity contribution >= 4 is 17.5 Å². The number of hydrogen-bond donors (Lipinski definition) is 0. The normalized spacial score (nSPS) is 18.5. The Morgan fingerprint density at radius 2 is 1.78 bits per heavy atom. The van der Waals surface area contributed by atoms with Gasteiger partial charge in [-0.1, -0.05) is 48.5 Å². The molecule has 0 N–H and O–H groups in total. The molecule has 142 valence electrons. The fraction of sp³-hybridized carbons (Fsp3) is 0.364. The average Bonchev–Trinajstić information content (AvgIpc) is 2.89. The molecule has 1 unspecified atom stereocenters. The van der Waals surface area contributed by atoms with Gasteiger partial charge in [-0.25, -0.2) is 0 Å². The van der Waals surface area contributed by atoms with Crippen molar-refractivity contribution in [1.29, 1.82) is 0 Å². The van der Waals surface area contributed by atoms with E-state index in [-0.39, 0.29) is 18.2 Å². The second-order valence-corrected chi connectivity index (χ2v) is 7.11. The Bertz CT molecular complexity index is 821. The summed E-state index contributed by atoms with van der Waals surface area (Å²) >= 11 is 0. The van der Waals surface area contributed by atoms with Crippen molar-refractivity contribution in [3.8, 4) is 0 Å². The number of rotatable bonds is 7. The number of para-hydroxylation sites is 1. The molecular weight excluding hydrogens is 340 g/mol. The summed E-state index contributed by atoms with van der Waals surface area (Å²) in [5.41, 5.74) is 1.97. The quantitative estimate of drug-likeness (QED) is 0.757. The number of fused-ring (bicyclic) bond motifs is 1. The van der Waals surface area contributed by atoms with Crippen LogP contribution in [0.2, 0.25) is 0 Å². The van der Waals surface area contributed by atoms with Crippen LogP contribution in [0.25, 0.3) is 0 Å². The summed E-state index contributed by atoms with van der Waals surface area (Å²) < 4.78 is 5.08. The largest absolute Gasteiger partial charge is 0.383 e. The minimum absolute atomic E-state index is 0.0268. The summed E-state index contributed by atoms with van der Waals surface area (Å²) in [7, 11) is 5.15. The van der Waals surface area contributed by atoms with E-state index in [9.17, 15) is 9.59 Å². The van der Waals surface area contributed by atoms with Gasteiger partial charge in [0.2, 0.25) is 11.8 Å². The molecule has 1 aliphatic rings. The minimum atomic E-state index is -0.884. The van der Waals surface area contributed by atoms with Gasteiger partial charge in [0.05, 0.1) is 12.0 Å². The predicted octanol–water partition coefficient (Wildman–Crippen LogP) is 2.64. The number of carbonyl (C=O) groups is 2. The molecule has 5 nitrogen and oxygen atoms in total. The zero-order valence-electron chi connectivity index (χ0n) is 16.1. The molecule has 0 saturated heterocycles. The molecular formula is C22H26N2O3. The zero-order valence-corrected chi connectivity index (χ0v) is 16.1. The van der Waals surface area contributed by atoms with E-state index in [0.717, 1.165) is 16.8 Å². The predicted molar refractivity (Wildman–Crippen MR) is 106 cm³/mol. The molecule has 2 aromatic rings. The lowest BCUT2D eigenvalue weighted by molar-refractivity contribution is -0.135. The first-order chi connectivity index (χ1) is 13.0. The molecule has 2 amide bonds. The molecule has 0 fully saturated rings. The van der Waals surface area contributed by atoms with Gasteiger partial charge in [-0.3, -0.25) is 9.59 Å². The first-order valence-electron chi connectivity index (χ1n) is 9.14. The van der Waals surface area contributed by atoms with Crippen molar-refractivity contribution in [2.45, 2.75) is 18.3 Å². The molecule has 27 heavy (non-hydrogen) atoms. The first kappa shape index (κ1) is 19.1. The highest BCUT2D eigenvalue weighted by atomic mass is 16.5. The van der Waals surface area contributed by atoms with Gasteiger partial charge in [0.1, 0.15) is 0 Å². The third-order valence-corrected chi connectivity index (χ3v) is 5.35. The van der Waals surface area contributed by atoms with Crippen molar-refractivity contribution in [2.24, 2.45) is 0 Å². The Balaban J connectivity index is 2.00. The Hall–Kier alpha value is -2.66. The Labute approximate surface area is 160 Å². The molecule has 1 aliphatic heterocycles. The van der Waals surface area contributed by atoms with E-state index >= 15 is 0 Å². The number of benzene rings is 2. The van der Waals surface area contributed by atoms with Gasteiger partial charge in [-0.05, 0) is 23.6 Å². The van der Waals surface area contributed by atoms with Gasteiger partial charge in [0.25, 0.3) is 0 Å². The molecule has 3 rings (SSSR count). The summed E-state index contributed by atoms with van der Waals surface area (Å²) in [5.74, 6) is -0.0810. The number of nitrogens with zero attached hydrogens (tertiary/aromatic N) is 2. The van der Waals surface area contributed by atoms with Crippen LogP contribution in [0.4, 0.5) is 5.69 Å². The minimum Gasteiger partial charge on any atom is -0.383 e. The van der Waals surface area contributed by atoms with Crippen molar-refractivity contribution in [3.63, 3.8) is 0 Å². The Morgan fingerprint density at radius 3 is 2.48 bits per heavy atom. The summed E-state index contributed by atoms with van der Waals surface area (Å²) in [6.07, 6.45) is 0.639. The molecule has 0 aromatic heterocycles. The zero-order chi connectivity index (χ0) is 19.4. The van der Waals surface area contributed by atoms with Gasteiger partial charge < -0.3 is 14.5 Å². The van der Waals surface area contributed by atoms with Crippen LogP contribution >= 0.6 is 0 Å². The van der Waals surface area contributed by atoms with E-state index in [1.807, 2.05) is 54.6 Å². The molecule has 0 radical (unpaired) electrons. The van der Waals surface area contributed by atoms with Crippen molar-refractivity contribution < 1.29 is 14.3 Å². The van der Waals surface area contributed by atoms with Crippen LogP contribution < -0.4 is 4.90 Å². The van der Waals surface area contributed by atoms with Crippen LogP contribution in [0, 0.1) is 0 Å². The maximum Gasteiger partial charge on any atom is 0.238 e. The van der Waals surface area contributed by atoms with E-state index < -0.39 is 5.41 Å². The highest BCUT2D eigenvalue weighted by Gasteiger charge is 2.51. The molecule has 0 spiro atoms. The van der Waals surface area contributed by atoms with Gasteiger partial charge in [0, 0.05) is 39.9 Å². The summed E-state index contributed by atoms with van der Waals surface area (Å²) in [5, 5.41) is 0. The summed E-state index contributed by atoms with van der Waals surface area (Å²) in [4.78, 5) is 29.7. The van der Waals surface area contributed by atoms with E-state index in [4.69, 9.17) is 4.74 Å². The van der Waals surface area contributed by atoms with E-state index in [0.29, 0.717) is 19.6 Å². The van der Waals surface area contributed by atoms with E-state index in [2.05, 4.69) is 0 Å². The van der Waals surface area contributed by atoms with Crippen molar-refractivity contribution in [3.05, 3.63) is 65.7 Å². The highest BCUT2D eigenvalue weighted by molar-refractivity contribution is 6.09. The van der Waals surface area contributed by atoms with E-state index in [1.54, 1.807) is 31.0 Å². The molecule has 1 atom stereocenters. The van der Waals surface area contributed by atoms with Crippen LogP contribution in [0.1, 0.15) is 17.5 Å². The van der Waals surface area contributed by atoms with Crippen LogP contribution in [0.3, 0.4) is 0 Å². The number of amides is 2. The molecule has 0 aliphatic carbocycles. The second kappa shape index (κ2) is 7.92. The molecule has 1 heterocycles. The third-order valence-electron chi connectivity index (χ3n) is 5.35. The smallest absolute Gasteiger partial charge is 0.238 e. The lowest BCUT2D eigenvalue weighted by Crippen LogP contribution is -2.45. The number of methoxy groups -OCH3 is 1. The standard InChI is InChI=1S/C22H26N2O3/c1-23(13-14-27-3)20(25)16-22(15-17-9-5-4-6-10-17)18-11-7-8-12-19(18)24(2)21(22)26/h4-12H,13-16H2,1-3H3. The Kier molecular flexibility index (Phi) is 5.61. The number of hydrogen-bond acceptors (Lipinski definition) is 3. The summed E-state index contributed by atoms with van der Waals surface area (Å²) in [6.45, 7) is 0.973. The first-order valence-corrected chi connectivity index (χ1v) is 9.14. The number of likely N-dealkylation sites (N-methyl/N-ethyl adjacent to an activating group) is 2. The van der Waals surface area contributed by atoms with Crippen molar-refractivity contribution in [2.75, 3.05) is 39.3 Å². The molecule has 5 heteroatoms. The maximum absolute atomic E-state index is 13.4. The number of anilines is 1. The fourth-order valence-corrected chi connectivity index (χ4v) is 3.81. The maximum atomic E-state index is 13.4. The molecule has 0 saturated carbocycles. The van der Waals surface area contributed by atoms with Crippen LogP contribution in [-0.4, -0.2) is 51.1 Å². The summed E-state index contributed by atoms with van der Waals surface area (Å²) in [6, 6.07) is 17.7. The number of carbonyl (C=O) groups excluding carboxylic acids is 2. The van der Waals surface area contributed by atoms with Crippen LogP contribution in [-0.2, 0) is 26.2 Å². The highest BCUT2D eigenvalue weighted by Crippen LogP contribution is 2.45. The monoisotopic (exact) mass is 366 g/mol. The van der Waals surface area contributed by atoms with Gasteiger partial charge in [-0.2, -0.15) is 0 Å².